The van der Waals surface area contributed by atoms with E-state index in [0.717, 1.165) is 25.7 Å². The molecule has 2 amide bonds. The molecule has 2 aromatic rings. The zero-order chi connectivity index (χ0) is 24.4. The van der Waals surface area contributed by atoms with Gasteiger partial charge < -0.3 is 20.5 Å². The van der Waals surface area contributed by atoms with E-state index in [1.807, 2.05) is 24.3 Å². The molecule has 3 N–H and O–H groups in total. The normalized spacial score (nSPS) is 25.0. The van der Waals surface area contributed by atoms with Crippen LogP contribution in [-0.4, -0.2) is 41.8 Å². The maximum atomic E-state index is 12.7. The minimum Gasteiger partial charge on any atom is -0.481 e. The molecular weight excluding hydrogens is 444 g/mol. The number of ether oxygens (including phenoxy) is 1. The van der Waals surface area contributed by atoms with Gasteiger partial charge in [0, 0.05) is 24.4 Å². The predicted molar refractivity (Wildman–Crippen MR) is 131 cm³/mol. The molecule has 7 heteroatoms. The summed E-state index contributed by atoms with van der Waals surface area (Å²) >= 11 is 0. The van der Waals surface area contributed by atoms with E-state index in [1.54, 1.807) is 0 Å². The first kappa shape index (κ1) is 23.4. The molecule has 184 valence electrons. The van der Waals surface area contributed by atoms with E-state index in [2.05, 4.69) is 34.9 Å². The smallest absolute Gasteiger partial charge is 0.407 e. The minimum absolute atomic E-state index is 0.00638. The summed E-state index contributed by atoms with van der Waals surface area (Å²) in [5, 5.41) is 15.3. The van der Waals surface area contributed by atoms with Gasteiger partial charge in [0.1, 0.15) is 6.61 Å². The number of amides is 2. The number of alkyl carbamates (subject to hydrolysis) is 1. The Kier molecular flexibility index (Phi) is 6.75. The fourth-order valence-electron chi connectivity index (χ4n) is 6.19. The predicted octanol–water partition coefficient (Wildman–Crippen LogP) is 4.45. The van der Waals surface area contributed by atoms with Crippen LogP contribution in [0.25, 0.3) is 11.1 Å². The fourth-order valence-corrected chi connectivity index (χ4v) is 6.19. The molecule has 35 heavy (non-hydrogen) atoms. The molecule has 3 aliphatic rings. The van der Waals surface area contributed by atoms with Crippen molar-refractivity contribution in [3.63, 3.8) is 0 Å². The first-order valence-corrected chi connectivity index (χ1v) is 12.6. The number of rotatable bonds is 7. The molecular formula is C28H32N2O5. The number of carboxylic acid groups (broad SMARTS) is 1. The van der Waals surface area contributed by atoms with Crippen LogP contribution in [0.5, 0.6) is 0 Å². The van der Waals surface area contributed by atoms with Crippen molar-refractivity contribution in [3.05, 3.63) is 59.7 Å². The molecule has 0 bridgehead atoms. The molecule has 7 nitrogen and oxygen atoms in total. The van der Waals surface area contributed by atoms with E-state index >= 15 is 0 Å². The molecule has 0 aromatic heterocycles. The number of benzene rings is 2. The summed E-state index contributed by atoms with van der Waals surface area (Å²) in [6.07, 6.45) is 4.57. The molecule has 3 aliphatic carbocycles. The third kappa shape index (κ3) is 4.90. The van der Waals surface area contributed by atoms with Crippen LogP contribution in [0.4, 0.5) is 4.79 Å². The molecule has 2 saturated carbocycles. The molecule has 2 fully saturated rings. The van der Waals surface area contributed by atoms with Crippen LogP contribution in [0.15, 0.2) is 48.5 Å². The van der Waals surface area contributed by atoms with Crippen LogP contribution in [-0.2, 0) is 14.3 Å². The second kappa shape index (κ2) is 10.1. The molecule has 0 radical (unpaired) electrons. The SMILES string of the molecule is O=C(C[C@@H]1CCC[C@H]1NC(=O)OCC1c2ccccc2-c2ccccc21)N[C@H]1CCC[C@H]1C(=O)O. The summed E-state index contributed by atoms with van der Waals surface area (Å²) in [5.74, 6) is -1.44. The number of carbonyl (C=O) groups is 3. The van der Waals surface area contributed by atoms with E-state index < -0.39 is 18.0 Å². The van der Waals surface area contributed by atoms with Crippen LogP contribution in [0.1, 0.15) is 62.0 Å². The number of aliphatic carboxylic acids is 1. The van der Waals surface area contributed by atoms with E-state index in [4.69, 9.17) is 4.74 Å². The van der Waals surface area contributed by atoms with Crippen molar-refractivity contribution in [2.24, 2.45) is 11.8 Å². The van der Waals surface area contributed by atoms with Crippen molar-refractivity contribution in [2.45, 2.75) is 62.9 Å². The molecule has 4 atom stereocenters. The number of carboxylic acids is 1. The number of hydrogen-bond acceptors (Lipinski definition) is 4. The number of nitrogens with one attached hydrogen (secondary N) is 2. The van der Waals surface area contributed by atoms with Crippen LogP contribution in [0.2, 0.25) is 0 Å². The zero-order valence-corrected chi connectivity index (χ0v) is 19.7. The Bertz CT molecular complexity index is 1070. The topological polar surface area (TPSA) is 105 Å². The second-order valence-electron chi connectivity index (χ2n) is 10.0. The van der Waals surface area contributed by atoms with E-state index in [0.29, 0.717) is 12.8 Å². The average molecular weight is 477 g/mol. The summed E-state index contributed by atoms with van der Waals surface area (Å²) in [6, 6.07) is 16.0. The largest absolute Gasteiger partial charge is 0.481 e. The van der Waals surface area contributed by atoms with Crippen molar-refractivity contribution < 1.29 is 24.2 Å². The Balaban J connectivity index is 1.15. The number of hydrogen-bond donors (Lipinski definition) is 3. The lowest BCUT2D eigenvalue weighted by Crippen LogP contribution is -2.43. The summed E-state index contributed by atoms with van der Waals surface area (Å²) in [6.45, 7) is 0.260. The Morgan fingerprint density at radius 3 is 2.14 bits per heavy atom. The highest BCUT2D eigenvalue weighted by molar-refractivity contribution is 5.80. The van der Waals surface area contributed by atoms with Gasteiger partial charge in [0.15, 0.2) is 0 Å². The maximum Gasteiger partial charge on any atom is 0.407 e. The Morgan fingerprint density at radius 2 is 1.46 bits per heavy atom. The molecule has 0 unspecified atom stereocenters. The van der Waals surface area contributed by atoms with Gasteiger partial charge in [-0.1, -0.05) is 61.4 Å². The van der Waals surface area contributed by atoms with Crippen molar-refractivity contribution in [2.75, 3.05) is 6.61 Å². The number of fused-ring (bicyclic) bond motifs is 3. The third-order valence-corrected chi connectivity index (χ3v) is 7.93. The Morgan fingerprint density at radius 1 is 0.829 bits per heavy atom. The standard InChI is InChI=1S/C28H32N2O5/c31-26(29-25-14-6-12-22(25)27(32)33)15-17-7-5-13-24(17)30-28(34)35-16-23-20-10-3-1-8-18(20)19-9-2-4-11-21(19)23/h1-4,8-11,17,22-25H,5-7,12-16H2,(H,29,31)(H,30,34)(H,32,33)/t17-,22+,24+,25-/m0/s1. The van der Waals surface area contributed by atoms with Crippen LogP contribution in [0.3, 0.4) is 0 Å². The minimum atomic E-state index is -0.844. The lowest BCUT2D eigenvalue weighted by molar-refractivity contribution is -0.142. The molecule has 2 aromatic carbocycles. The molecule has 0 heterocycles. The lowest BCUT2D eigenvalue weighted by Gasteiger charge is -2.23. The summed E-state index contributed by atoms with van der Waals surface area (Å²) in [7, 11) is 0. The van der Waals surface area contributed by atoms with Gasteiger partial charge >= 0.3 is 12.1 Å². The Labute approximate surface area is 205 Å². The molecule has 0 saturated heterocycles. The van der Waals surface area contributed by atoms with Gasteiger partial charge in [0.05, 0.1) is 5.92 Å². The van der Waals surface area contributed by atoms with E-state index in [-0.39, 0.29) is 42.9 Å². The average Bonchev–Trinajstić information content (AvgIpc) is 3.56. The van der Waals surface area contributed by atoms with Gasteiger partial charge in [-0.05, 0) is 53.9 Å². The van der Waals surface area contributed by atoms with Crippen molar-refractivity contribution >= 4 is 18.0 Å². The van der Waals surface area contributed by atoms with Gasteiger partial charge in [0.2, 0.25) is 5.91 Å². The fraction of sp³-hybridized carbons (Fsp3) is 0.464. The van der Waals surface area contributed by atoms with Crippen LogP contribution < -0.4 is 10.6 Å². The summed E-state index contributed by atoms with van der Waals surface area (Å²) in [4.78, 5) is 36.7. The van der Waals surface area contributed by atoms with Crippen LogP contribution >= 0.6 is 0 Å². The highest BCUT2D eigenvalue weighted by Gasteiger charge is 2.36. The van der Waals surface area contributed by atoms with Gasteiger partial charge in [-0.25, -0.2) is 4.79 Å². The quantitative estimate of drug-likeness (QED) is 0.548. The van der Waals surface area contributed by atoms with Gasteiger partial charge in [-0.15, -0.1) is 0 Å². The van der Waals surface area contributed by atoms with Crippen molar-refractivity contribution in [3.8, 4) is 11.1 Å². The highest BCUT2D eigenvalue weighted by atomic mass is 16.5. The zero-order valence-electron chi connectivity index (χ0n) is 19.7. The first-order chi connectivity index (χ1) is 17.0. The van der Waals surface area contributed by atoms with E-state index in [1.165, 1.54) is 22.3 Å². The monoisotopic (exact) mass is 476 g/mol. The Hall–Kier alpha value is -3.35. The molecule has 0 aliphatic heterocycles. The highest BCUT2D eigenvalue weighted by Crippen LogP contribution is 2.44. The van der Waals surface area contributed by atoms with Crippen LogP contribution in [0, 0.1) is 11.8 Å². The summed E-state index contributed by atoms with van der Waals surface area (Å²) < 4.78 is 5.69. The first-order valence-electron chi connectivity index (χ1n) is 12.6. The van der Waals surface area contributed by atoms with Crippen molar-refractivity contribution in [1.82, 2.24) is 10.6 Å². The van der Waals surface area contributed by atoms with Gasteiger partial charge in [-0.2, -0.15) is 0 Å². The third-order valence-electron chi connectivity index (χ3n) is 7.93. The molecule has 0 spiro atoms. The summed E-state index contributed by atoms with van der Waals surface area (Å²) in [5.41, 5.74) is 4.71. The number of carbonyl (C=O) groups excluding carboxylic acids is 2. The maximum absolute atomic E-state index is 12.7. The second-order valence-corrected chi connectivity index (χ2v) is 10.0. The van der Waals surface area contributed by atoms with E-state index in [9.17, 15) is 19.5 Å². The van der Waals surface area contributed by atoms with Crippen molar-refractivity contribution in [1.29, 1.82) is 0 Å². The molecule has 5 rings (SSSR count). The lowest BCUT2D eigenvalue weighted by atomic mass is 9.98. The van der Waals surface area contributed by atoms with Gasteiger partial charge in [-0.3, -0.25) is 9.59 Å². The van der Waals surface area contributed by atoms with Gasteiger partial charge in [0.25, 0.3) is 0 Å².